The molecule has 0 saturated carbocycles. The predicted octanol–water partition coefficient (Wildman–Crippen LogP) is 3.88. The molecule has 2 aromatic carbocycles. The predicted molar refractivity (Wildman–Crippen MR) is 140 cm³/mol. The van der Waals surface area contributed by atoms with Gasteiger partial charge >= 0.3 is 0 Å². The van der Waals surface area contributed by atoms with Crippen LogP contribution in [0.5, 0.6) is 11.5 Å². The van der Waals surface area contributed by atoms with Gasteiger partial charge in [0.15, 0.2) is 17.5 Å². The highest BCUT2D eigenvalue weighted by Crippen LogP contribution is 2.32. The summed E-state index contributed by atoms with van der Waals surface area (Å²) in [6.45, 7) is 6.97. The molecule has 2 aliphatic rings. The maximum absolute atomic E-state index is 5.46. The van der Waals surface area contributed by atoms with Crippen LogP contribution < -0.4 is 25.0 Å². The van der Waals surface area contributed by atoms with Crippen LogP contribution in [0.1, 0.15) is 18.1 Å². The van der Waals surface area contributed by atoms with Gasteiger partial charge in [0.2, 0.25) is 6.79 Å². The summed E-state index contributed by atoms with van der Waals surface area (Å²) < 4.78 is 10.8. The molecule has 0 unspecified atom stereocenters. The van der Waals surface area contributed by atoms with Crippen LogP contribution in [0.25, 0.3) is 0 Å². The maximum atomic E-state index is 5.46. The minimum absolute atomic E-state index is 0. The van der Waals surface area contributed by atoms with E-state index >= 15 is 0 Å². The minimum Gasteiger partial charge on any atom is -0.454 e. The van der Waals surface area contributed by atoms with Crippen molar-refractivity contribution in [3.05, 3.63) is 53.6 Å². The Morgan fingerprint density at radius 3 is 2.52 bits per heavy atom. The van der Waals surface area contributed by atoms with Gasteiger partial charge in [-0.1, -0.05) is 18.2 Å². The number of ether oxygens (including phenoxy) is 2. The van der Waals surface area contributed by atoms with Gasteiger partial charge in [-0.25, -0.2) is 4.99 Å². The molecule has 0 aliphatic carbocycles. The zero-order valence-electron chi connectivity index (χ0n) is 17.9. The molecule has 2 aromatic rings. The molecule has 0 aromatic heterocycles. The first-order chi connectivity index (χ1) is 14.8. The Labute approximate surface area is 206 Å². The summed E-state index contributed by atoms with van der Waals surface area (Å²) in [4.78, 5) is 7.21. The fraction of sp³-hybridized carbons (Fsp3) is 0.435. The van der Waals surface area contributed by atoms with E-state index in [4.69, 9.17) is 14.5 Å². The van der Waals surface area contributed by atoms with Gasteiger partial charge in [-0.05, 0) is 48.7 Å². The van der Waals surface area contributed by atoms with E-state index in [-0.39, 0.29) is 24.0 Å². The third-order valence-electron chi connectivity index (χ3n) is 5.22. The van der Waals surface area contributed by atoms with Crippen molar-refractivity contribution < 1.29 is 9.47 Å². The van der Waals surface area contributed by atoms with E-state index in [1.807, 2.05) is 17.8 Å². The summed E-state index contributed by atoms with van der Waals surface area (Å²) in [5.74, 6) is 4.94. The summed E-state index contributed by atoms with van der Waals surface area (Å²) in [7, 11) is 0. The average Bonchev–Trinajstić information content (AvgIpc) is 3.26. The van der Waals surface area contributed by atoms with Gasteiger partial charge in [0.25, 0.3) is 0 Å². The summed E-state index contributed by atoms with van der Waals surface area (Å²) in [5.41, 5.74) is 3.75. The molecule has 168 valence electrons. The number of hydrogen-bond donors (Lipinski definition) is 2. The van der Waals surface area contributed by atoms with Crippen LogP contribution in [0.4, 0.5) is 5.69 Å². The van der Waals surface area contributed by atoms with E-state index < -0.39 is 0 Å². The van der Waals surface area contributed by atoms with Crippen LogP contribution in [0.3, 0.4) is 0 Å². The van der Waals surface area contributed by atoms with Crippen LogP contribution >= 0.6 is 35.7 Å². The molecule has 0 radical (unpaired) electrons. The molecule has 8 heteroatoms. The first kappa shape index (κ1) is 23.8. The Morgan fingerprint density at radius 2 is 1.74 bits per heavy atom. The molecular formula is C23H31IN4O2S. The molecule has 0 amide bonds. The van der Waals surface area contributed by atoms with Gasteiger partial charge in [-0.3, -0.25) is 0 Å². The monoisotopic (exact) mass is 554 g/mol. The van der Waals surface area contributed by atoms with E-state index in [1.54, 1.807) is 0 Å². The SMILES string of the molecule is CCNC(=NCc1ccc(N2CCSCC2)cc1)NCCc1ccc2c(c1)OCO2.I. The zero-order chi connectivity index (χ0) is 20.6. The summed E-state index contributed by atoms with van der Waals surface area (Å²) in [6, 6.07) is 14.9. The highest BCUT2D eigenvalue weighted by atomic mass is 127. The van der Waals surface area contributed by atoms with E-state index in [9.17, 15) is 0 Å². The van der Waals surface area contributed by atoms with Crippen molar-refractivity contribution in [1.29, 1.82) is 0 Å². The Hall–Kier alpha value is -1.81. The Bertz CT molecular complexity index is 857. The number of anilines is 1. The molecule has 6 nitrogen and oxygen atoms in total. The fourth-order valence-corrected chi connectivity index (χ4v) is 4.47. The van der Waals surface area contributed by atoms with Crippen LogP contribution in [0.15, 0.2) is 47.5 Å². The second-order valence-corrected chi connectivity index (χ2v) is 8.55. The van der Waals surface area contributed by atoms with Crippen molar-refractivity contribution in [2.45, 2.75) is 19.9 Å². The third kappa shape index (κ3) is 6.83. The standard InChI is InChI=1S/C23H30N4O2S.HI/c1-2-24-23(25-10-9-18-5-8-21-22(15-18)29-17-28-21)26-16-19-3-6-20(7-4-19)27-11-13-30-14-12-27;/h3-8,15H,2,9-14,16-17H2,1H3,(H2,24,25,26);1H. The van der Waals surface area contributed by atoms with E-state index in [0.29, 0.717) is 13.3 Å². The first-order valence-electron chi connectivity index (χ1n) is 10.6. The van der Waals surface area contributed by atoms with Gasteiger partial charge in [0.1, 0.15) is 0 Å². The lowest BCUT2D eigenvalue weighted by Gasteiger charge is -2.28. The average molecular weight is 554 g/mol. The molecule has 0 atom stereocenters. The Kier molecular flexibility index (Phi) is 9.45. The molecule has 2 aliphatic heterocycles. The quantitative estimate of drug-likeness (QED) is 0.308. The number of hydrogen-bond acceptors (Lipinski definition) is 5. The molecule has 0 spiro atoms. The minimum atomic E-state index is 0. The van der Waals surface area contributed by atoms with Gasteiger partial charge in [-0.2, -0.15) is 11.8 Å². The highest BCUT2D eigenvalue weighted by molar-refractivity contribution is 14.0. The van der Waals surface area contributed by atoms with Crippen molar-refractivity contribution in [2.24, 2.45) is 4.99 Å². The molecule has 2 N–H and O–H groups in total. The molecule has 2 heterocycles. The molecule has 31 heavy (non-hydrogen) atoms. The van der Waals surface area contributed by atoms with Gasteiger partial charge < -0.3 is 25.0 Å². The second kappa shape index (κ2) is 12.3. The Morgan fingerprint density at radius 1 is 1.00 bits per heavy atom. The van der Waals surface area contributed by atoms with Crippen LogP contribution in [0, 0.1) is 0 Å². The molecule has 1 saturated heterocycles. The normalized spacial score (nSPS) is 15.4. The number of fused-ring (bicyclic) bond motifs is 1. The highest BCUT2D eigenvalue weighted by Gasteiger charge is 2.13. The second-order valence-electron chi connectivity index (χ2n) is 7.33. The molecule has 1 fully saturated rings. The molecule has 0 bridgehead atoms. The largest absolute Gasteiger partial charge is 0.454 e. The van der Waals surface area contributed by atoms with Crippen molar-refractivity contribution in [2.75, 3.05) is 49.4 Å². The number of thioether (sulfide) groups is 1. The van der Waals surface area contributed by atoms with Crippen LogP contribution in [-0.2, 0) is 13.0 Å². The third-order valence-corrected chi connectivity index (χ3v) is 6.16. The van der Waals surface area contributed by atoms with Crippen LogP contribution in [-0.4, -0.2) is 50.4 Å². The number of guanidine groups is 1. The lowest BCUT2D eigenvalue weighted by atomic mass is 10.1. The van der Waals surface area contributed by atoms with E-state index in [2.05, 4.69) is 58.9 Å². The van der Waals surface area contributed by atoms with Crippen molar-refractivity contribution in [3.8, 4) is 11.5 Å². The lowest BCUT2D eigenvalue weighted by molar-refractivity contribution is 0.174. The number of nitrogens with zero attached hydrogens (tertiary/aromatic N) is 2. The van der Waals surface area contributed by atoms with Crippen molar-refractivity contribution in [3.63, 3.8) is 0 Å². The van der Waals surface area contributed by atoms with E-state index in [0.717, 1.165) is 50.1 Å². The Balaban J connectivity index is 0.00000272. The summed E-state index contributed by atoms with van der Waals surface area (Å²) >= 11 is 2.04. The van der Waals surface area contributed by atoms with Gasteiger partial charge in [-0.15, -0.1) is 24.0 Å². The van der Waals surface area contributed by atoms with E-state index in [1.165, 1.54) is 28.3 Å². The smallest absolute Gasteiger partial charge is 0.231 e. The molecular weight excluding hydrogens is 523 g/mol. The maximum Gasteiger partial charge on any atom is 0.231 e. The molecule has 4 rings (SSSR count). The van der Waals surface area contributed by atoms with Crippen molar-refractivity contribution >= 4 is 47.4 Å². The first-order valence-corrected chi connectivity index (χ1v) is 11.8. The summed E-state index contributed by atoms with van der Waals surface area (Å²) in [5, 5.41) is 6.75. The fourth-order valence-electron chi connectivity index (χ4n) is 3.57. The number of halogens is 1. The van der Waals surface area contributed by atoms with Crippen LogP contribution in [0.2, 0.25) is 0 Å². The van der Waals surface area contributed by atoms with Crippen molar-refractivity contribution in [1.82, 2.24) is 10.6 Å². The zero-order valence-corrected chi connectivity index (χ0v) is 21.1. The lowest BCUT2D eigenvalue weighted by Crippen LogP contribution is -2.38. The summed E-state index contributed by atoms with van der Waals surface area (Å²) in [6.07, 6.45) is 0.893. The number of nitrogens with one attached hydrogen (secondary N) is 2. The van der Waals surface area contributed by atoms with Gasteiger partial charge in [0.05, 0.1) is 6.54 Å². The number of rotatable bonds is 7. The number of aliphatic imine (C=N–C) groups is 1. The van der Waals surface area contributed by atoms with Gasteiger partial charge in [0, 0.05) is 43.4 Å². The number of benzene rings is 2. The topological polar surface area (TPSA) is 58.1 Å².